The van der Waals surface area contributed by atoms with Crippen LogP contribution in [0.1, 0.15) is 37.7 Å². The molecule has 1 aromatic carbocycles. The van der Waals surface area contributed by atoms with Crippen LogP contribution in [0.2, 0.25) is 0 Å². The Morgan fingerprint density at radius 3 is 2.55 bits per heavy atom. The zero-order chi connectivity index (χ0) is 20.4. The second-order valence-corrected chi connectivity index (χ2v) is 8.30. The van der Waals surface area contributed by atoms with E-state index in [1.807, 2.05) is 17.2 Å². The van der Waals surface area contributed by atoms with E-state index in [0.717, 1.165) is 63.0 Å². The number of urea groups is 1. The third-order valence-corrected chi connectivity index (χ3v) is 6.47. The number of nitrogens with two attached hydrogens (primary N) is 1. The highest BCUT2D eigenvalue weighted by Gasteiger charge is 2.30. The number of nitrogens with one attached hydrogen (secondary N) is 1. The number of carbonyl (C=O) groups is 2. The minimum atomic E-state index is -0.320. The van der Waals surface area contributed by atoms with Crippen molar-refractivity contribution >= 4 is 22.8 Å². The first kappa shape index (κ1) is 19.7. The van der Waals surface area contributed by atoms with E-state index in [2.05, 4.69) is 34.2 Å². The molecular formula is C21H30N6O2. The standard InChI is InChI=1S/C21H30N6O2/c1-15(16-2-3-19-17(13-16)14-23-24-19)12-20(28)26-10-8-25(9-11-26)18-4-6-27(7-5-18)21(22)29/h2-3,13-15,18H,4-12H2,1H3,(H2,22,29)(H,23,24). The number of primary amides is 1. The first-order chi connectivity index (χ1) is 14.0. The number of piperazine rings is 1. The van der Waals surface area contributed by atoms with E-state index in [-0.39, 0.29) is 17.9 Å². The lowest BCUT2D eigenvalue weighted by atomic mass is 9.96. The molecule has 2 aliphatic heterocycles. The Morgan fingerprint density at radius 2 is 1.86 bits per heavy atom. The number of amides is 3. The molecule has 4 rings (SSSR count). The van der Waals surface area contributed by atoms with Crippen molar-refractivity contribution in [3.8, 4) is 0 Å². The predicted molar refractivity (Wildman–Crippen MR) is 111 cm³/mol. The Bertz CT molecular complexity index is 865. The van der Waals surface area contributed by atoms with E-state index in [1.165, 1.54) is 5.56 Å². The number of fused-ring (bicyclic) bond motifs is 1. The highest BCUT2D eigenvalue weighted by Crippen LogP contribution is 2.24. The summed E-state index contributed by atoms with van der Waals surface area (Å²) in [4.78, 5) is 30.3. The van der Waals surface area contributed by atoms with Crippen molar-refractivity contribution in [3.05, 3.63) is 30.0 Å². The SMILES string of the molecule is CC(CC(=O)N1CCN(C2CCN(C(N)=O)CC2)CC1)c1ccc2[nH]ncc2c1. The highest BCUT2D eigenvalue weighted by atomic mass is 16.2. The maximum atomic E-state index is 12.8. The van der Waals surface area contributed by atoms with E-state index in [1.54, 1.807) is 4.90 Å². The largest absolute Gasteiger partial charge is 0.351 e. The van der Waals surface area contributed by atoms with Crippen LogP contribution < -0.4 is 5.73 Å². The molecule has 3 heterocycles. The smallest absolute Gasteiger partial charge is 0.314 e. The monoisotopic (exact) mass is 398 g/mol. The van der Waals surface area contributed by atoms with Gasteiger partial charge in [-0.3, -0.25) is 14.8 Å². The van der Waals surface area contributed by atoms with Gasteiger partial charge in [-0.1, -0.05) is 13.0 Å². The number of carbonyl (C=O) groups excluding carboxylic acids is 2. The average Bonchev–Trinajstić information content (AvgIpc) is 3.21. The van der Waals surface area contributed by atoms with E-state index in [9.17, 15) is 9.59 Å². The Labute approximate surface area is 171 Å². The fourth-order valence-corrected chi connectivity index (χ4v) is 4.56. The Balaban J connectivity index is 1.26. The molecule has 0 aliphatic carbocycles. The van der Waals surface area contributed by atoms with Crippen LogP contribution in [-0.4, -0.2) is 82.1 Å². The van der Waals surface area contributed by atoms with Gasteiger partial charge in [0.1, 0.15) is 0 Å². The maximum Gasteiger partial charge on any atom is 0.314 e. The first-order valence-electron chi connectivity index (χ1n) is 10.5. The van der Waals surface area contributed by atoms with Crippen LogP contribution in [0.3, 0.4) is 0 Å². The fraction of sp³-hybridized carbons (Fsp3) is 0.571. The normalized spacial score (nSPS) is 20.2. The number of rotatable bonds is 4. The second kappa shape index (κ2) is 8.41. The number of hydrogen-bond donors (Lipinski definition) is 2. The van der Waals surface area contributed by atoms with Crippen molar-refractivity contribution in [2.45, 2.75) is 38.1 Å². The molecule has 2 aliphatic rings. The van der Waals surface area contributed by atoms with Crippen molar-refractivity contribution in [1.82, 2.24) is 24.9 Å². The molecule has 8 nitrogen and oxygen atoms in total. The van der Waals surface area contributed by atoms with E-state index >= 15 is 0 Å². The lowest BCUT2D eigenvalue weighted by molar-refractivity contribution is -0.133. The number of aromatic amines is 1. The van der Waals surface area contributed by atoms with Gasteiger partial charge in [0, 0.05) is 57.1 Å². The zero-order valence-electron chi connectivity index (χ0n) is 17.0. The van der Waals surface area contributed by atoms with Crippen molar-refractivity contribution in [1.29, 1.82) is 0 Å². The molecule has 0 bridgehead atoms. The van der Waals surface area contributed by atoms with Gasteiger partial charge in [0.25, 0.3) is 0 Å². The van der Waals surface area contributed by atoms with E-state index < -0.39 is 0 Å². The number of benzene rings is 1. The summed E-state index contributed by atoms with van der Waals surface area (Å²) < 4.78 is 0. The first-order valence-corrected chi connectivity index (χ1v) is 10.5. The van der Waals surface area contributed by atoms with Crippen molar-refractivity contribution in [2.24, 2.45) is 5.73 Å². The number of aromatic nitrogens is 2. The van der Waals surface area contributed by atoms with Gasteiger partial charge in [-0.15, -0.1) is 0 Å². The topological polar surface area (TPSA) is 98.6 Å². The lowest BCUT2D eigenvalue weighted by Crippen LogP contribution is -2.55. The van der Waals surface area contributed by atoms with Crippen LogP contribution in [0.15, 0.2) is 24.4 Å². The van der Waals surface area contributed by atoms with Gasteiger partial charge in [-0.25, -0.2) is 4.79 Å². The third-order valence-electron chi connectivity index (χ3n) is 6.47. The molecule has 0 saturated carbocycles. The van der Waals surface area contributed by atoms with Crippen molar-refractivity contribution in [2.75, 3.05) is 39.3 Å². The van der Waals surface area contributed by atoms with Crippen LogP contribution in [0.25, 0.3) is 10.9 Å². The van der Waals surface area contributed by atoms with Crippen molar-refractivity contribution < 1.29 is 9.59 Å². The molecule has 8 heteroatoms. The summed E-state index contributed by atoms with van der Waals surface area (Å²) in [6, 6.07) is 6.39. The van der Waals surface area contributed by atoms with Crippen LogP contribution in [0.4, 0.5) is 4.79 Å². The fourth-order valence-electron chi connectivity index (χ4n) is 4.56. The predicted octanol–water partition coefficient (Wildman–Crippen LogP) is 1.74. The summed E-state index contributed by atoms with van der Waals surface area (Å²) in [6.45, 7) is 6.95. The molecule has 0 radical (unpaired) electrons. The minimum absolute atomic E-state index is 0.179. The van der Waals surface area contributed by atoms with Gasteiger partial charge < -0.3 is 15.5 Å². The third kappa shape index (κ3) is 4.37. The van der Waals surface area contributed by atoms with Gasteiger partial charge >= 0.3 is 6.03 Å². The summed E-state index contributed by atoms with van der Waals surface area (Å²) in [5.41, 5.74) is 7.56. The second-order valence-electron chi connectivity index (χ2n) is 8.30. The Hall–Kier alpha value is -2.61. The summed E-state index contributed by atoms with van der Waals surface area (Å²) in [5, 5.41) is 8.11. The number of likely N-dealkylation sites (tertiary alicyclic amines) is 1. The van der Waals surface area contributed by atoms with Gasteiger partial charge in [0.05, 0.1) is 11.7 Å². The van der Waals surface area contributed by atoms with Gasteiger partial charge in [-0.05, 0) is 36.5 Å². The van der Waals surface area contributed by atoms with Gasteiger partial charge in [0.15, 0.2) is 0 Å². The van der Waals surface area contributed by atoms with Gasteiger partial charge in [0.2, 0.25) is 5.91 Å². The van der Waals surface area contributed by atoms with Crippen LogP contribution >= 0.6 is 0 Å². The highest BCUT2D eigenvalue weighted by molar-refractivity contribution is 5.80. The number of H-pyrrole nitrogens is 1. The van der Waals surface area contributed by atoms with Gasteiger partial charge in [-0.2, -0.15) is 5.10 Å². The van der Waals surface area contributed by atoms with Crippen LogP contribution in [-0.2, 0) is 4.79 Å². The van der Waals surface area contributed by atoms with Crippen molar-refractivity contribution in [3.63, 3.8) is 0 Å². The molecule has 1 unspecified atom stereocenters. The molecule has 29 heavy (non-hydrogen) atoms. The van der Waals surface area contributed by atoms with Crippen LogP contribution in [0.5, 0.6) is 0 Å². The summed E-state index contributed by atoms with van der Waals surface area (Å²) in [7, 11) is 0. The molecule has 1 aromatic heterocycles. The average molecular weight is 399 g/mol. The summed E-state index contributed by atoms with van der Waals surface area (Å²) in [5.74, 6) is 0.408. The lowest BCUT2D eigenvalue weighted by Gasteiger charge is -2.42. The molecule has 2 saturated heterocycles. The van der Waals surface area contributed by atoms with E-state index in [4.69, 9.17) is 5.73 Å². The molecule has 3 amide bonds. The minimum Gasteiger partial charge on any atom is -0.351 e. The molecule has 1 atom stereocenters. The number of hydrogen-bond acceptors (Lipinski definition) is 4. The molecule has 0 spiro atoms. The van der Waals surface area contributed by atoms with E-state index in [0.29, 0.717) is 12.5 Å². The Kier molecular flexibility index (Phi) is 5.71. The molecule has 156 valence electrons. The number of nitrogens with zero attached hydrogens (tertiary/aromatic N) is 4. The summed E-state index contributed by atoms with van der Waals surface area (Å²) in [6.07, 6.45) is 4.27. The zero-order valence-corrected chi connectivity index (χ0v) is 17.0. The quantitative estimate of drug-likeness (QED) is 0.820. The molecule has 2 fully saturated rings. The molecule has 2 aromatic rings. The Morgan fingerprint density at radius 1 is 1.14 bits per heavy atom. The summed E-state index contributed by atoms with van der Waals surface area (Å²) >= 11 is 0. The maximum absolute atomic E-state index is 12.8. The molecular weight excluding hydrogens is 368 g/mol. The number of piperidine rings is 1. The van der Waals surface area contributed by atoms with Crippen LogP contribution in [0, 0.1) is 0 Å². The molecule has 3 N–H and O–H groups in total.